The van der Waals surface area contributed by atoms with E-state index in [1.54, 1.807) is 41.7 Å². The van der Waals surface area contributed by atoms with Crippen molar-refractivity contribution in [1.29, 1.82) is 0 Å². The number of carbonyl (C=O) groups is 1. The van der Waals surface area contributed by atoms with Gasteiger partial charge in [-0.15, -0.1) is 0 Å². The van der Waals surface area contributed by atoms with Crippen molar-refractivity contribution in [3.05, 3.63) is 48.1 Å². The second kappa shape index (κ2) is 7.29. The molecule has 0 bridgehead atoms. The van der Waals surface area contributed by atoms with Crippen LogP contribution in [-0.2, 0) is 0 Å². The van der Waals surface area contributed by atoms with Crippen molar-refractivity contribution < 1.29 is 9.18 Å². The van der Waals surface area contributed by atoms with Crippen LogP contribution in [0.15, 0.2) is 46.7 Å². The summed E-state index contributed by atoms with van der Waals surface area (Å²) in [4.78, 5) is 24.2. The van der Waals surface area contributed by atoms with Crippen molar-refractivity contribution in [3.8, 4) is 0 Å². The Morgan fingerprint density at radius 2 is 1.76 bits per heavy atom. The summed E-state index contributed by atoms with van der Waals surface area (Å²) in [5, 5.41) is 2.73. The molecular formula is C18H20FN5O. The molecule has 0 saturated carbocycles. The number of benzene rings is 1. The second-order valence-electron chi connectivity index (χ2n) is 5.99. The highest BCUT2D eigenvalue weighted by Crippen LogP contribution is 2.35. The molecule has 0 spiro atoms. The maximum absolute atomic E-state index is 15.3. The highest BCUT2D eigenvalue weighted by Gasteiger charge is 2.24. The van der Waals surface area contributed by atoms with E-state index in [9.17, 15) is 4.79 Å². The highest BCUT2D eigenvalue weighted by molar-refractivity contribution is 5.97. The number of rotatable bonds is 4. The molecule has 1 aromatic rings. The van der Waals surface area contributed by atoms with Crippen LogP contribution in [0.3, 0.4) is 0 Å². The lowest BCUT2D eigenvalue weighted by Gasteiger charge is -2.29. The Hall–Kier alpha value is -2.96. The number of allylic oxidation sites excluding steroid dienone is 2. The molecule has 0 saturated heterocycles. The first kappa shape index (κ1) is 16.9. The van der Waals surface area contributed by atoms with Crippen molar-refractivity contribution in [2.75, 3.05) is 23.1 Å². The molecule has 6 nitrogen and oxygen atoms in total. The molecule has 2 aliphatic rings. The number of nitrogens with one attached hydrogen (secondary N) is 1. The van der Waals surface area contributed by atoms with Crippen molar-refractivity contribution in [2.45, 2.75) is 19.9 Å². The molecule has 25 heavy (non-hydrogen) atoms. The number of carbonyl (C=O) groups excluding carboxylic acids is 1. The van der Waals surface area contributed by atoms with E-state index >= 15 is 4.39 Å². The third kappa shape index (κ3) is 3.60. The molecule has 0 atom stereocenters. The zero-order valence-electron chi connectivity index (χ0n) is 14.2. The average Bonchev–Trinajstić information content (AvgIpc) is 2.62. The van der Waals surface area contributed by atoms with Crippen LogP contribution < -0.4 is 15.1 Å². The Bertz CT molecular complexity index is 782. The van der Waals surface area contributed by atoms with Crippen LogP contribution in [0.5, 0.6) is 0 Å². The SMILES string of the molecule is CC(C)NC(=O)c1ccc(N2C=CC=NC2)c(N2C=CC=NC2)c1F. The number of anilines is 2. The van der Waals surface area contributed by atoms with Crippen LogP contribution >= 0.6 is 0 Å². The highest BCUT2D eigenvalue weighted by atomic mass is 19.1. The first-order valence-corrected chi connectivity index (χ1v) is 8.08. The lowest BCUT2D eigenvalue weighted by Crippen LogP contribution is -2.32. The molecule has 1 amide bonds. The number of hydrogen-bond acceptors (Lipinski definition) is 5. The van der Waals surface area contributed by atoms with E-state index in [4.69, 9.17) is 0 Å². The van der Waals surface area contributed by atoms with Gasteiger partial charge in [0.15, 0.2) is 5.82 Å². The van der Waals surface area contributed by atoms with E-state index in [0.717, 1.165) is 0 Å². The molecule has 2 heterocycles. The van der Waals surface area contributed by atoms with Crippen molar-refractivity contribution >= 4 is 29.7 Å². The standard InChI is InChI=1S/C18H20FN5O/c1-13(2)22-18(25)14-5-6-15(23-9-3-7-20-11-23)17(16(14)19)24-10-4-8-21-12-24/h3-10,13H,11-12H2,1-2H3,(H,22,25). The van der Waals surface area contributed by atoms with Gasteiger partial charge in [0.25, 0.3) is 5.91 Å². The monoisotopic (exact) mass is 341 g/mol. The minimum absolute atomic E-state index is 0.0138. The minimum atomic E-state index is -0.569. The molecule has 1 N–H and O–H groups in total. The normalized spacial score (nSPS) is 16.0. The maximum Gasteiger partial charge on any atom is 0.254 e. The van der Waals surface area contributed by atoms with Crippen LogP contribution in [0.2, 0.25) is 0 Å². The lowest BCUT2D eigenvalue weighted by molar-refractivity contribution is 0.0939. The van der Waals surface area contributed by atoms with Gasteiger partial charge in [0.2, 0.25) is 0 Å². The van der Waals surface area contributed by atoms with E-state index < -0.39 is 11.7 Å². The zero-order chi connectivity index (χ0) is 17.8. The maximum atomic E-state index is 15.3. The predicted octanol–water partition coefficient (Wildman–Crippen LogP) is 2.69. The number of hydrogen-bond donors (Lipinski definition) is 1. The van der Waals surface area contributed by atoms with E-state index in [1.165, 1.54) is 6.07 Å². The average molecular weight is 341 g/mol. The van der Waals surface area contributed by atoms with Crippen LogP contribution in [0.1, 0.15) is 24.2 Å². The summed E-state index contributed by atoms with van der Waals surface area (Å²) in [6, 6.07) is 3.17. The Morgan fingerprint density at radius 3 is 2.32 bits per heavy atom. The molecule has 0 unspecified atom stereocenters. The van der Waals surface area contributed by atoms with E-state index in [1.807, 2.05) is 24.9 Å². The molecule has 0 aliphatic carbocycles. The Morgan fingerprint density at radius 1 is 1.12 bits per heavy atom. The number of nitrogens with zero attached hydrogens (tertiary/aromatic N) is 4. The van der Waals surface area contributed by atoms with Crippen molar-refractivity contribution in [3.63, 3.8) is 0 Å². The lowest BCUT2D eigenvalue weighted by atomic mass is 10.1. The molecule has 0 radical (unpaired) electrons. The van der Waals surface area contributed by atoms with Crippen LogP contribution in [0.25, 0.3) is 0 Å². The van der Waals surface area contributed by atoms with Crippen molar-refractivity contribution in [1.82, 2.24) is 5.32 Å². The molecule has 2 aliphatic heterocycles. The minimum Gasteiger partial charge on any atom is -0.350 e. The summed E-state index contributed by atoms with van der Waals surface area (Å²) < 4.78 is 15.3. The Balaban J connectivity index is 2.06. The number of aliphatic imine (C=N–C) groups is 2. The summed E-state index contributed by atoms with van der Waals surface area (Å²) in [6.07, 6.45) is 10.5. The molecule has 3 rings (SSSR count). The van der Waals surface area contributed by atoms with Gasteiger partial charge in [-0.25, -0.2) is 4.39 Å². The van der Waals surface area contributed by atoms with Gasteiger partial charge in [-0.2, -0.15) is 0 Å². The van der Waals surface area contributed by atoms with Gasteiger partial charge in [-0.05, 0) is 38.1 Å². The van der Waals surface area contributed by atoms with Crippen LogP contribution in [0.4, 0.5) is 15.8 Å². The van der Waals surface area contributed by atoms with Gasteiger partial charge >= 0.3 is 0 Å². The predicted molar refractivity (Wildman–Crippen MR) is 99.0 cm³/mol. The summed E-state index contributed by atoms with van der Waals surface area (Å²) in [5.41, 5.74) is 0.958. The van der Waals surface area contributed by atoms with E-state index in [2.05, 4.69) is 15.3 Å². The van der Waals surface area contributed by atoms with Gasteiger partial charge in [0.05, 0.1) is 11.3 Å². The molecule has 0 aromatic heterocycles. The first-order chi connectivity index (χ1) is 12.1. The van der Waals surface area contributed by atoms with Gasteiger partial charge in [0, 0.05) is 30.9 Å². The Labute approximate surface area is 146 Å². The fourth-order valence-electron chi connectivity index (χ4n) is 2.65. The quantitative estimate of drug-likeness (QED) is 0.916. The molecule has 130 valence electrons. The molecule has 7 heteroatoms. The fraction of sp³-hybridized carbons (Fsp3) is 0.278. The fourth-order valence-corrected chi connectivity index (χ4v) is 2.65. The smallest absolute Gasteiger partial charge is 0.254 e. The van der Waals surface area contributed by atoms with Gasteiger partial charge in [-0.1, -0.05) is 0 Å². The molecule has 0 fully saturated rings. The third-order valence-electron chi connectivity index (χ3n) is 3.74. The number of amides is 1. The largest absolute Gasteiger partial charge is 0.350 e. The third-order valence-corrected chi connectivity index (χ3v) is 3.74. The second-order valence-corrected chi connectivity index (χ2v) is 5.99. The van der Waals surface area contributed by atoms with Crippen LogP contribution in [0, 0.1) is 5.82 Å². The first-order valence-electron chi connectivity index (χ1n) is 8.08. The topological polar surface area (TPSA) is 60.3 Å². The summed E-state index contributed by atoms with van der Waals surface area (Å²) in [5.74, 6) is -1.00. The Kier molecular flexibility index (Phi) is 4.92. The van der Waals surface area contributed by atoms with Crippen molar-refractivity contribution in [2.24, 2.45) is 9.98 Å². The zero-order valence-corrected chi connectivity index (χ0v) is 14.2. The molecular weight excluding hydrogens is 321 g/mol. The van der Waals surface area contributed by atoms with Gasteiger partial charge in [-0.3, -0.25) is 14.8 Å². The van der Waals surface area contributed by atoms with Crippen LogP contribution in [-0.4, -0.2) is 37.7 Å². The summed E-state index contributed by atoms with van der Waals surface area (Å²) in [6.45, 7) is 4.35. The molecule has 1 aromatic carbocycles. The summed E-state index contributed by atoms with van der Waals surface area (Å²) >= 11 is 0. The van der Waals surface area contributed by atoms with Gasteiger partial charge < -0.3 is 15.1 Å². The summed E-state index contributed by atoms with van der Waals surface area (Å²) in [7, 11) is 0. The van der Waals surface area contributed by atoms with E-state index in [-0.39, 0.29) is 18.3 Å². The van der Waals surface area contributed by atoms with Gasteiger partial charge in [0.1, 0.15) is 19.0 Å². The van der Waals surface area contributed by atoms with E-state index in [0.29, 0.717) is 18.0 Å². The number of halogens is 1.